The van der Waals surface area contributed by atoms with Crippen LogP contribution in [0, 0.1) is 13.8 Å². The summed E-state index contributed by atoms with van der Waals surface area (Å²) in [6.45, 7) is 10.1. The molecule has 4 rings (SSSR count). The van der Waals surface area contributed by atoms with Crippen molar-refractivity contribution >= 4 is 22.9 Å². The molecule has 0 bridgehead atoms. The number of benzene rings is 1. The highest BCUT2D eigenvalue weighted by Crippen LogP contribution is 2.37. The molecule has 0 unspecified atom stereocenters. The van der Waals surface area contributed by atoms with Crippen LogP contribution < -0.4 is 0 Å². The molecule has 29 heavy (non-hydrogen) atoms. The molecule has 0 saturated carbocycles. The molecule has 150 valence electrons. The summed E-state index contributed by atoms with van der Waals surface area (Å²) in [7, 11) is 0. The van der Waals surface area contributed by atoms with Gasteiger partial charge in [-0.15, -0.1) is 11.3 Å². The molecule has 0 aliphatic rings. The van der Waals surface area contributed by atoms with Gasteiger partial charge in [-0.25, -0.2) is 4.98 Å². The Hall–Kier alpha value is -2.64. The summed E-state index contributed by atoms with van der Waals surface area (Å²) in [6, 6.07) is 9.48. The van der Waals surface area contributed by atoms with Gasteiger partial charge in [-0.3, -0.25) is 4.68 Å². The maximum atomic E-state index is 11.0. The van der Waals surface area contributed by atoms with E-state index in [1.165, 1.54) is 16.0 Å². The van der Waals surface area contributed by atoms with Crippen LogP contribution >= 0.6 is 22.9 Å². The van der Waals surface area contributed by atoms with E-state index in [9.17, 15) is 5.11 Å². The van der Waals surface area contributed by atoms with E-state index >= 15 is 0 Å². The number of hydrogen-bond donors (Lipinski definition) is 1. The first-order valence-corrected chi connectivity index (χ1v) is 10.5. The van der Waals surface area contributed by atoms with Gasteiger partial charge in [0.15, 0.2) is 0 Å². The molecule has 4 aromatic rings. The molecule has 0 atom stereocenters. The fraction of sp³-hybridized carbons (Fsp3) is 0.286. The summed E-state index contributed by atoms with van der Waals surface area (Å²) >= 11 is 7.40. The molecule has 8 heteroatoms. The van der Waals surface area contributed by atoms with Gasteiger partial charge in [-0.2, -0.15) is 14.9 Å². The maximum absolute atomic E-state index is 11.0. The second kappa shape index (κ2) is 7.00. The smallest absolute Gasteiger partial charge is 0.226 e. The van der Waals surface area contributed by atoms with Gasteiger partial charge in [0.05, 0.1) is 33.9 Å². The summed E-state index contributed by atoms with van der Waals surface area (Å²) in [5.41, 5.74) is 4.66. The maximum Gasteiger partial charge on any atom is 0.226 e. The number of rotatable bonds is 3. The van der Waals surface area contributed by atoms with Crippen molar-refractivity contribution in [3.8, 4) is 33.5 Å². The Balaban J connectivity index is 1.79. The lowest BCUT2D eigenvalue weighted by Crippen LogP contribution is -2.24. The highest BCUT2D eigenvalue weighted by atomic mass is 35.5. The fourth-order valence-corrected chi connectivity index (χ4v) is 4.16. The topological polar surface area (TPSA) is 68.8 Å². The Morgan fingerprint density at radius 2 is 1.76 bits per heavy atom. The molecule has 1 aromatic carbocycles. The normalized spacial score (nSPS) is 11.9. The second-order valence-electron chi connectivity index (χ2n) is 7.97. The quantitative estimate of drug-likeness (QED) is 0.462. The third-order valence-electron chi connectivity index (χ3n) is 4.57. The fourth-order valence-electron chi connectivity index (χ4n) is 3.25. The van der Waals surface area contributed by atoms with Gasteiger partial charge in [0, 0.05) is 16.0 Å². The standard InChI is InChI=1S/C21H22ClN5OS/c1-12-10-17(27(24-12)21(3,4)5)18-13(2)25-26(19(18)28)20-23-16(11-29-20)14-6-8-15(22)9-7-14/h6-11,28H,1-5H3. The zero-order valence-electron chi connectivity index (χ0n) is 16.9. The number of halogens is 1. The van der Waals surface area contributed by atoms with E-state index in [0.717, 1.165) is 28.3 Å². The van der Waals surface area contributed by atoms with Crippen molar-refractivity contribution in [1.82, 2.24) is 24.5 Å². The largest absolute Gasteiger partial charge is 0.493 e. The highest BCUT2D eigenvalue weighted by Gasteiger charge is 2.26. The van der Waals surface area contributed by atoms with Crippen LogP contribution in [0.2, 0.25) is 5.02 Å². The van der Waals surface area contributed by atoms with E-state index in [2.05, 4.69) is 36.0 Å². The number of hydrogen-bond acceptors (Lipinski definition) is 5. The van der Waals surface area contributed by atoms with E-state index in [-0.39, 0.29) is 11.4 Å². The Kier molecular flexibility index (Phi) is 4.75. The summed E-state index contributed by atoms with van der Waals surface area (Å²) in [5.74, 6) is 0.0601. The van der Waals surface area contributed by atoms with E-state index in [1.54, 1.807) is 0 Å². The van der Waals surface area contributed by atoms with Crippen LogP contribution in [-0.4, -0.2) is 29.7 Å². The molecule has 0 aliphatic heterocycles. The van der Waals surface area contributed by atoms with Crippen LogP contribution in [-0.2, 0) is 5.54 Å². The minimum atomic E-state index is -0.229. The first kappa shape index (κ1) is 19.7. The van der Waals surface area contributed by atoms with Gasteiger partial charge in [0.1, 0.15) is 0 Å². The predicted molar refractivity (Wildman–Crippen MR) is 117 cm³/mol. The number of nitrogens with zero attached hydrogens (tertiary/aromatic N) is 5. The number of aromatic hydroxyl groups is 1. The van der Waals surface area contributed by atoms with Crippen LogP contribution in [0.15, 0.2) is 35.7 Å². The van der Waals surface area contributed by atoms with Gasteiger partial charge in [-0.1, -0.05) is 23.7 Å². The average Bonchev–Trinajstić information content (AvgIpc) is 3.33. The molecule has 6 nitrogen and oxygen atoms in total. The average molecular weight is 428 g/mol. The Morgan fingerprint density at radius 1 is 1.07 bits per heavy atom. The molecule has 0 aliphatic carbocycles. The van der Waals surface area contributed by atoms with E-state index < -0.39 is 0 Å². The molecule has 3 aromatic heterocycles. The number of aromatic nitrogens is 5. The Bertz CT molecular complexity index is 1180. The minimum Gasteiger partial charge on any atom is -0.493 e. The van der Waals surface area contributed by atoms with Crippen LogP contribution in [0.1, 0.15) is 32.2 Å². The molecular weight excluding hydrogens is 406 g/mol. The van der Waals surface area contributed by atoms with Gasteiger partial charge in [-0.05, 0) is 52.8 Å². The monoisotopic (exact) mass is 427 g/mol. The van der Waals surface area contributed by atoms with Crippen molar-refractivity contribution in [3.05, 3.63) is 52.1 Å². The summed E-state index contributed by atoms with van der Waals surface area (Å²) in [5, 5.41) is 23.4. The lowest BCUT2D eigenvalue weighted by molar-refractivity contribution is 0.357. The molecular formula is C21H22ClN5OS. The van der Waals surface area contributed by atoms with Crippen molar-refractivity contribution in [1.29, 1.82) is 0 Å². The van der Waals surface area contributed by atoms with Crippen molar-refractivity contribution in [2.45, 2.75) is 40.2 Å². The van der Waals surface area contributed by atoms with Crippen LogP contribution in [0.3, 0.4) is 0 Å². The lowest BCUT2D eigenvalue weighted by atomic mass is 10.1. The number of thiazole rings is 1. The van der Waals surface area contributed by atoms with Crippen molar-refractivity contribution in [3.63, 3.8) is 0 Å². The predicted octanol–water partition coefficient (Wildman–Crippen LogP) is 5.59. The zero-order chi connectivity index (χ0) is 20.9. The molecule has 0 saturated heterocycles. The summed E-state index contributed by atoms with van der Waals surface area (Å²) < 4.78 is 3.42. The van der Waals surface area contributed by atoms with E-state index in [0.29, 0.717) is 15.7 Å². The van der Waals surface area contributed by atoms with E-state index in [4.69, 9.17) is 11.6 Å². The summed E-state index contributed by atoms with van der Waals surface area (Å²) in [6.07, 6.45) is 0. The van der Waals surface area contributed by atoms with Crippen LogP contribution in [0.25, 0.3) is 27.6 Å². The third-order valence-corrected chi connectivity index (χ3v) is 5.64. The van der Waals surface area contributed by atoms with E-state index in [1.807, 2.05) is 54.2 Å². The lowest BCUT2D eigenvalue weighted by Gasteiger charge is -2.22. The van der Waals surface area contributed by atoms with Crippen LogP contribution in [0.5, 0.6) is 5.88 Å². The van der Waals surface area contributed by atoms with Gasteiger partial charge >= 0.3 is 0 Å². The third kappa shape index (κ3) is 3.56. The summed E-state index contributed by atoms with van der Waals surface area (Å²) in [4.78, 5) is 4.66. The highest BCUT2D eigenvalue weighted by molar-refractivity contribution is 7.12. The Morgan fingerprint density at radius 3 is 2.41 bits per heavy atom. The molecule has 0 amide bonds. The second-order valence-corrected chi connectivity index (χ2v) is 9.24. The van der Waals surface area contributed by atoms with Crippen molar-refractivity contribution in [2.75, 3.05) is 0 Å². The zero-order valence-corrected chi connectivity index (χ0v) is 18.5. The minimum absolute atomic E-state index is 0.0601. The molecule has 0 fully saturated rings. The first-order valence-electron chi connectivity index (χ1n) is 9.23. The van der Waals surface area contributed by atoms with Crippen molar-refractivity contribution < 1.29 is 5.11 Å². The van der Waals surface area contributed by atoms with Gasteiger partial charge < -0.3 is 5.11 Å². The molecule has 0 spiro atoms. The molecule has 3 heterocycles. The molecule has 1 N–H and O–H groups in total. The Labute approximate surface area is 178 Å². The van der Waals surface area contributed by atoms with Gasteiger partial charge in [0.25, 0.3) is 0 Å². The molecule has 0 radical (unpaired) electrons. The number of aryl methyl sites for hydroxylation is 2. The van der Waals surface area contributed by atoms with Crippen LogP contribution in [0.4, 0.5) is 0 Å². The van der Waals surface area contributed by atoms with Crippen molar-refractivity contribution in [2.24, 2.45) is 0 Å². The van der Waals surface area contributed by atoms with Gasteiger partial charge in [0.2, 0.25) is 11.0 Å². The first-order chi connectivity index (χ1) is 13.6. The SMILES string of the molecule is Cc1cc(-c2c(C)nn(-c3nc(-c4ccc(Cl)cc4)cs3)c2O)n(C(C)(C)C)n1.